The average molecular weight is 256 g/mol. The van der Waals surface area contributed by atoms with Crippen molar-refractivity contribution in [3.05, 3.63) is 12.2 Å². The minimum absolute atomic E-state index is 0.0473. The maximum Gasteiger partial charge on any atom is 0.328 e. The normalized spacial score (nSPS) is 19.4. The van der Waals surface area contributed by atoms with Gasteiger partial charge >= 0.3 is 12.0 Å². The molecule has 1 fully saturated rings. The van der Waals surface area contributed by atoms with Gasteiger partial charge in [-0.2, -0.15) is 0 Å². The smallest absolute Gasteiger partial charge is 0.328 e. The van der Waals surface area contributed by atoms with Crippen molar-refractivity contribution in [1.82, 2.24) is 9.80 Å². The number of morpholine rings is 1. The Labute approximate surface area is 107 Å². The van der Waals surface area contributed by atoms with Gasteiger partial charge in [-0.25, -0.2) is 9.59 Å². The third-order valence-electron chi connectivity index (χ3n) is 2.77. The molecule has 1 saturated heterocycles. The van der Waals surface area contributed by atoms with E-state index in [2.05, 4.69) is 6.58 Å². The summed E-state index contributed by atoms with van der Waals surface area (Å²) in [6, 6.07) is -1.17. The summed E-state index contributed by atoms with van der Waals surface area (Å²) in [7, 11) is 0. The zero-order valence-electron chi connectivity index (χ0n) is 10.9. The van der Waals surface area contributed by atoms with Gasteiger partial charge in [-0.1, -0.05) is 12.2 Å². The predicted octanol–water partition coefficient (Wildman–Crippen LogP) is 0.790. The number of likely N-dealkylation sites (N-methyl/N-ethyl adjacent to an activating group) is 1. The molecule has 6 nitrogen and oxygen atoms in total. The number of amides is 2. The van der Waals surface area contributed by atoms with Crippen LogP contribution in [0, 0.1) is 0 Å². The number of carbonyl (C=O) groups excluding carboxylic acids is 1. The van der Waals surface area contributed by atoms with Crippen LogP contribution in [0.15, 0.2) is 12.2 Å². The lowest BCUT2D eigenvalue weighted by Crippen LogP contribution is -2.56. The molecule has 0 spiro atoms. The van der Waals surface area contributed by atoms with E-state index in [1.165, 1.54) is 4.90 Å². The summed E-state index contributed by atoms with van der Waals surface area (Å²) in [5, 5.41) is 9.08. The number of ether oxygens (including phenoxy) is 1. The number of hydrogen-bond donors (Lipinski definition) is 1. The molecular formula is C12H20N2O4. The van der Waals surface area contributed by atoms with Gasteiger partial charge in [-0.05, 0) is 13.8 Å². The highest BCUT2D eigenvalue weighted by Gasteiger charge is 2.34. The van der Waals surface area contributed by atoms with Crippen LogP contribution in [0.3, 0.4) is 0 Å². The molecule has 1 N–H and O–H groups in total. The number of carboxylic acids is 1. The van der Waals surface area contributed by atoms with Gasteiger partial charge in [0.05, 0.1) is 13.2 Å². The first-order valence-corrected chi connectivity index (χ1v) is 5.97. The van der Waals surface area contributed by atoms with Crippen molar-refractivity contribution >= 4 is 12.0 Å². The Balaban J connectivity index is 2.78. The van der Waals surface area contributed by atoms with Gasteiger partial charge < -0.3 is 19.6 Å². The third kappa shape index (κ3) is 3.46. The molecule has 0 aliphatic carbocycles. The summed E-state index contributed by atoms with van der Waals surface area (Å²) in [6.45, 7) is 9.16. The first-order valence-electron chi connectivity index (χ1n) is 5.97. The number of carbonyl (C=O) groups is 2. The molecule has 1 aliphatic heterocycles. The fraction of sp³-hybridized carbons (Fsp3) is 0.667. The Morgan fingerprint density at radius 1 is 1.56 bits per heavy atom. The molecular weight excluding hydrogens is 236 g/mol. The zero-order valence-corrected chi connectivity index (χ0v) is 10.9. The minimum Gasteiger partial charge on any atom is -0.480 e. The maximum absolute atomic E-state index is 12.3. The summed E-state index contributed by atoms with van der Waals surface area (Å²) in [5.74, 6) is -1.03. The van der Waals surface area contributed by atoms with Gasteiger partial charge in [0.1, 0.15) is 0 Å². The largest absolute Gasteiger partial charge is 0.480 e. The Kier molecular flexibility index (Phi) is 5.15. The number of urea groups is 1. The lowest BCUT2D eigenvalue weighted by atomic mass is 10.2. The molecule has 102 valence electrons. The summed E-state index contributed by atoms with van der Waals surface area (Å²) >= 11 is 0. The van der Waals surface area contributed by atoms with Crippen molar-refractivity contribution in [2.75, 3.05) is 32.8 Å². The molecule has 1 heterocycles. The van der Waals surface area contributed by atoms with Gasteiger partial charge in [0.2, 0.25) is 0 Å². The van der Waals surface area contributed by atoms with Crippen LogP contribution >= 0.6 is 0 Å². The topological polar surface area (TPSA) is 70.1 Å². The highest BCUT2D eigenvalue weighted by Crippen LogP contribution is 2.11. The molecule has 0 aromatic carbocycles. The molecule has 1 aliphatic rings. The van der Waals surface area contributed by atoms with Crippen molar-refractivity contribution in [2.24, 2.45) is 0 Å². The van der Waals surface area contributed by atoms with Gasteiger partial charge in [0, 0.05) is 19.6 Å². The summed E-state index contributed by atoms with van der Waals surface area (Å²) < 4.78 is 5.11. The fourth-order valence-electron chi connectivity index (χ4n) is 1.86. The molecule has 2 amide bonds. The monoisotopic (exact) mass is 256 g/mol. The number of aliphatic carboxylic acids is 1. The molecule has 1 unspecified atom stereocenters. The van der Waals surface area contributed by atoms with Crippen LogP contribution in [0.1, 0.15) is 13.8 Å². The van der Waals surface area contributed by atoms with Crippen LogP contribution in [0.5, 0.6) is 0 Å². The van der Waals surface area contributed by atoms with E-state index in [-0.39, 0.29) is 12.6 Å². The minimum atomic E-state index is -1.03. The molecule has 1 atom stereocenters. The molecule has 0 aromatic heterocycles. The van der Waals surface area contributed by atoms with Crippen molar-refractivity contribution in [1.29, 1.82) is 0 Å². The van der Waals surface area contributed by atoms with E-state index in [1.807, 2.05) is 13.8 Å². The Hall–Kier alpha value is -1.56. The van der Waals surface area contributed by atoms with E-state index in [0.717, 1.165) is 5.57 Å². The Morgan fingerprint density at radius 3 is 2.72 bits per heavy atom. The van der Waals surface area contributed by atoms with E-state index >= 15 is 0 Å². The third-order valence-corrected chi connectivity index (χ3v) is 2.77. The van der Waals surface area contributed by atoms with E-state index in [1.54, 1.807) is 4.90 Å². The van der Waals surface area contributed by atoms with Crippen molar-refractivity contribution < 1.29 is 19.4 Å². The van der Waals surface area contributed by atoms with Crippen LogP contribution in [-0.4, -0.2) is 65.8 Å². The Morgan fingerprint density at radius 2 is 2.22 bits per heavy atom. The van der Waals surface area contributed by atoms with Gasteiger partial charge in [-0.15, -0.1) is 0 Å². The molecule has 6 heteroatoms. The maximum atomic E-state index is 12.3. The molecule has 18 heavy (non-hydrogen) atoms. The van der Waals surface area contributed by atoms with Crippen molar-refractivity contribution in [3.63, 3.8) is 0 Å². The number of carboxylic acid groups (broad SMARTS) is 1. The Bertz CT molecular complexity index is 343. The molecule has 0 bridgehead atoms. The number of rotatable bonds is 4. The van der Waals surface area contributed by atoms with E-state index in [0.29, 0.717) is 26.2 Å². The molecule has 0 radical (unpaired) electrons. The van der Waals surface area contributed by atoms with Crippen LogP contribution in [0.25, 0.3) is 0 Å². The molecule has 0 saturated carbocycles. The van der Waals surface area contributed by atoms with E-state index in [4.69, 9.17) is 9.84 Å². The lowest BCUT2D eigenvalue weighted by Gasteiger charge is -2.36. The predicted molar refractivity (Wildman–Crippen MR) is 66.4 cm³/mol. The van der Waals surface area contributed by atoms with Crippen LogP contribution in [-0.2, 0) is 9.53 Å². The summed E-state index contributed by atoms with van der Waals surface area (Å²) in [4.78, 5) is 26.3. The van der Waals surface area contributed by atoms with Crippen LogP contribution in [0.4, 0.5) is 4.79 Å². The van der Waals surface area contributed by atoms with Crippen LogP contribution in [0.2, 0.25) is 0 Å². The summed E-state index contributed by atoms with van der Waals surface area (Å²) in [6.07, 6.45) is 0. The molecule has 0 aromatic rings. The molecule has 1 rings (SSSR count). The summed E-state index contributed by atoms with van der Waals surface area (Å²) in [5.41, 5.74) is 0.866. The highest BCUT2D eigenvalue weighted by molar-refractivity contribution is 5.83. The fourth-order valence-corrected chi connectivity index (χ4v) is 1.86. The second kappa shape index (κ2) is 6.39. The van der Waals surface area contributed by atoms with Gasteiger partial charge in [-0.3, -0.25) is 0 Å². The SMILES string of the molecule is C=C(C)CN(CC)C(=O)N1CCOCC1C(=O)O. The van der Waals surface area contributed by atoms with E-state index in [9.17, 15) is 9.59 Å². The highest BCUT2D eigenvalue weighted by atomic mass is 16.5. The zero-order chi connectivity index (χ0) is 13.7. The van der Waals surface area contributed by atoms with Gasteiger partial charge in [0.25, 0.3) is 0 Å². The van der Waals surface area contributed by atoms with E-state index < -0.39 is 12.0 Å². The second-order valence-corrected chi connectivity index (χ2v) is 4.38. The first-order chi connectivity index (χ1) is 8.47. The van der Waals surface area contributed by atoms with Crippen molar-refractivity contribution in [2.45, 2.75) is 19.9 Å². The average Bonchev–Trinajstić information content (AvgIpc) is 2.34. The lowest BCUT2D eigenvalue weighted by molar-refractivity contribution is -0.147. The standard InChI is InChI=1S/C12H20N2O4/c1-4-13(7-9(2)3)12(17)14-5-6-18-8-10(14)11(15)16/h10H,2,4-8H2,1,3H3,(H,15,16). The second-order valence-electron chi connectivity index (χ2n) is 4.38. The van der Waals surface area contributed by atoms with Crippen LogP contribution < -0.4 is 0 Å². The van der Waals surface area contributed by atoms with Crippen molar-refractivity contribution in [3.8, 4) is 0 Å². The first kappa shape index (κ1) is 14.5. The number of hydrogen-bond acceptors (Lipinski definition) is 3. The van der Waals surface area contributed by atoms with Gasteiger partial charge in [0.15, 0.2) is 6.04 Å². The quantitative estimate of drug-likeness (QED) is 0.755. The number of nitrogens with zero attached hydrogens (tertiary/aromatic N) is 2.